The van der Waals surface area contributed by atoms with Gasteiger partial charge in [-0.25, -0.2) is 4.79 Å². The molecule has 1 aromatic rings. The maximum absolute atomic E-state index is 11.7. The molecule has 0 saturated carbocycles. The maximum atomic E-state index is 11.7. The van der Waals surface area contributed by atoms with Crippen LogP contribution in [-0.2, 0) is 0 Å². The van der Waals surface area contributed by atoms with Gasteiger partial charge in [-0.1, -0.05) is 5.16 Å². The van der Waals surface area contributed by atoms with Crippen LogP contribution in [0.4, 0.5) is 10.7 Å². The van der Waals surface area contributed by atoms with Crippen molar-refractivity contribution < 1.29 is 9.32 Å². The number of nitrogens with one attached hydrogen (secondary N) is 1. The van der Waals surface area contributed by atoms with Crippen LogP contribution in [0.15, 0.2) is 10.6 Å². The van der Waals surface area contributed by atoms with Gasteiger partial charge in [-0.2, -0.15) is 11.8 Å². The lowest BCUT2D eigenvalue weighted by molar-refractivity contribution is 0.216. The van der Waals surface area contributed by atoms with Crippen LogP contribution < -0.4 is 5.32 Å². The molecule has 0 aromatic carbocycles. The van der Waals surface area contributed by atoms with Gasteiger partial charge in [-0.05, 0) is 6.92 Å². The Balaban J connectivity index is 1.91. The van der Waals surface area contributed by atoms with Gasteiger partial charge < -0.3 is 9.42 Å². The number of carbonyl (C=O) groups is 1. The van der Waals surface area contributed by atoms with Gasteiger partial charge in [0.1, 0.15) is 0 Å². The fraction of sp³-hybridized carbons (Fsp3) is 0.556. The standard InChI is InChI=1S/C9H13N3O2S/c1-7-6-8(14-11-7)10-9(13)12-2-4-15-5-3-12/h6H,2-5H2,1H3,(H,10,13). The van der Waals surface area contributed by atoms with Gasteiger partial charge in [0.2, 0.25) is 5.88 Å². The minimum atomic E-state index is -0.105. The Morgan fingerprint density at radius 3 is 2.93 bits per heavy atom. The smallest absolute Gasteiger partial charge is 0.324 e. The zero-order chi connectivity index (χ0) is 10.7. The highest BCUT2D eigenvalue weighted by Crippen LogP contribution is 2.13. The van der Waals surface area contributed by atoms with Crippen LogP contribution in [0, 0.1) is 6.92 Å². The van der Waals surface area contributed by atoms with Gasteiger partial charge in [0.15, 0.2) is 0 Å². The summed E-state index contributed by atoms with van der Waals surface area (Å²) < 4.78 is 4.91. The van der Waals surface area contributed by atoms with E-state index in [1.807, 2.05) is 18.7 Å². The van der Waals surface area contributed by atoms with Crippen molar-refractivity contribution >= 4 is 23.7 Å². The molecule has 1 aliphatic rings. The molecule has 0 aliphatic carbocycles. The Kier molecular flexibility index (Phi) is 3.15. The number of nitrogens with zero attached hydrogens (tertiary/aromatic N) is 2. The van der Waals surface area contributed by atoms with Crippen LogP contribution in [0.25, 0.3) is 0 Å². The largest absolute Gasteiger partial charge is 0.338 e. The van der Waals surface area contributed by atoms with Gasteiger partial charge in [-0.15, -0.1) is 0 Å². The summed E-state index contributed by atoms with van der Waals surface area (Å²) in [6, 6.07) is 1.60. The molecule has 15 heavy (non-hydrogen) atoms. The highest BCUT2D eigenvalue weighted by atomic mass is 32.2. The van der Waals surface area contributed by atoms with Gasteiger partial charge in [-0.3, -0.25) is 5.32 Å². The zero-order valence-corrected chi connectivity index (χ0v) is 9.34. The van der Waals surface area contributed by atoms with Crippen LogP contribution >= 0.6 is 11.8 Å². The number of thioether (sulfide) groups is 1. The van der Waals surface area contributed by atoms with Gasteiger partial charge in [0, 0.05) is 30.7 Å². The second-order valence-corrected chi connectivity index (χ2v) is 4.59. The average Bonchev–Trinajstić information content (AvgIpc) is 2.65. The van der Waals surface area contributed by atoms with Crippen molar-refractivity contribution in [2.24, 2.45) is 0 Å². The minimum Gasteiger partial charge on any atom is -0.338 e. The summed E-state index contributed by atoms with van der Waals surface area (Å²) in [5, 5.41) is 6.38. The molecule has 1 aliphatic heterocycles. The first-order valence-electron chi connectivity index (χ1n) is 4.83. The van der Waals surface area contributed by atoms with E-state index in [0.29, 0.717) is 5.88 Å². The summed E-state index contributed by atoms with van der Waals surface area (Å²) in [6.45, 7) is 3.41. The van der Waals surface area contributed by atoms with Crippen LogP contribution in [-0.4, -0.2) is 40.7 Å². The van der Waals surface area contributed by atoms with E-state index in [-0.39, 0.29) is 6.03 Å². The Morgan fingerprint density at radius 2 is 2.33 bits per heavy atom. The van der Waals surface area contributed by atoms with E-state index in [0.717, 1.165) is 30.3 Å². The molecule has 1 aromatic heterocycles. The number of urea groups is 1. The van der Waals surface area contributed by atoms with Crippen molar-refractivity contribution in [2.45, 2.75) is 6.92 Å². The summed E-state index contributed by atoms with van der Waals surface area (Å²) in [6.07, 6.45) is 0. The molecule has 0 spiro atoms. The van der Waals surface area contributed by atoms with E-state index in [1.54, 1.807) is 11.0 Å². The number of carbonyl (C=O) groups excluding carboxylic acids is 1. The minimum absolute atomic E-state index is 0.105. The number of amides is 2. The second kappa shape index (κ2) is 4.57. The van der Waals surface area contributed by atoms with E-state index in [9.17, 15) is 4.79 Å². The fourth-order valence-corrected chi connectivity index (χ4v) is 2.28. The quantitative estimate of drug-likeness (QED) is 0.791. The predicted molar refractivity (Wildman–Crippen MR) is 59.2 cm³/mol. The van der Waals surface area contributed by atoms with Crippen LogP contribution in [0.2, 0.25) is 0 Å². The Bertz CT molecular complexity index is 347. The maximum Gasteiger partial charge on any atom is 0.324 e. The highest BCUT2D eigenvalue weighted by Gasteiger charge is 2.17. The third-order valence-electron chi connectivity index (χ3n) is 2.16. The molecular weight excluding hydrogens is 214 g/mol. The molecule has 1 saturated heterocycles. The van der Waals surface area contributed by atoms with Crippen molar-refractivity contribution in [2.75, 3.05) is 29.9 Å². The molecule has 1 fully saturated rings. The number of aromatic nitrogens is 1. The van der Waals surface area contributed by atoms with Crippen LogP contribution in [0.3, 0.4) is 0 Å². The van der Waals surface area contributed by atoms with E-state index in [2.05, 4.69) is 10.5 Å². The summed E-state index contributed by atoms with van der Waals surface area (Å²) in [7, 11) is 0. The first-order valence-corrected chi connectivity index (χ1v) is 5.98. The highest BCUT2D eigenvalue weighted by molar-refractivity contribution is 7.99. The Hall–Kier alpha value is -1.17. The number of aryl methyl sites for hydroxylation is 1. The molecule has 1 N–H and O–H groups in total. The van der Waals surface area contributed by atoms with Crippen molar-refractivity contribution in [3.05, 3.63) is 11.8 Å². The van der Waals surface area contributed by atoms with Gasteiger partial charge in [0.05, 0.1) is 5.69 Å². The van der Waals surface area contributed by atoms with E-state index < -0.39 is 0 Å². The summed E-state index contributed by atoms with van der Waals surface area (Å²) in [4.78, 5) is 13.5. The first kappa shape index (κ1) is 10.4. The second-order valence-electron chi connectivity index (χ2n) is 3.36. The lowest BCUT2D eigenvalue weighted by Gasteiger charge is -2.25. The fourth-order valence-electron chi connectivity index (χ4n) is 1.37. The molecule has 82 valence electrons. The number of rotatable bonds is 1. The lowest BCUT2D eigenvalue weighted by atomic mass is 10.5. The average molecular weight is 227 g/mol. The molecule has 0 unspecified atom stereocenters. The first-order chi connectivity index (χ1) is 7.25. The topological polar surface area (TPSA) is 58.4 Å². The molecule has 2 amide bonds. The molecule has 6 heteroatoms. The third kappa shape index (κ3) is 2.65. The van der Waals surface area contributed by atoms with Crippen molar-refractivity contribution in [3.8, 4) is 0 Å². The van der Waals surface area contributed by atoms with E-state index >= 15 is 0 Å². The summed E-state index contributed by atoms with van der Waals surface area (Å²) >= 11 is 1.87. The van der Waals surface area contributed by atoms with E-state index in [4.69, 9.17) is 4.52 Å². The molecule has 0 radical (unpaired) electrons. The van der Waals surface area contributed by atoms with Crippen LogP contribution in [0.1, 0.15) is 5.69 Å². The third-order valence-corrected chi connectivity index (χ3v) is 3.10. The number of anilines is 1. The van der Waals surface area contributed by atoms with Crippen LogP contribution in [0.5, 0.6) is 0 Å². The normalized spacial score (nSPS) is 16.5. The number of hydrogen-bond donors (Lipinski definition) is 1. The van der Waals surface area contributed by atoms with Gasteiger partial charge >= 0.3 is 6.03 Å². The molecular formula is C9H13N3O2S. The molecule has 2 rings (SSSR count). The molecule has 2 heterocycles. The molecule has 0 atom stereocenters. The Labute approximate surface area is 92.2 Å². The van der Waals surface area contributed by atoms with E-state index in [1.165, 1.54) is 0 Å². The molecule has 5 nitrogen and oxygen atoms in total. The lowest BCUT2D eigenvalue weighted by Crippen LogP contribution is -2.40. The van der Waals surface area contributed by atoms with Crippen molar-refractivity contribution in [1.82, 2.24) is 10.1 Å². The summed E-state index contributed by atoms with van der Waals surface area (Å²) in [5.41, 5.74) is 0.763. The monoisotopic (exact) mass is 227 g/mol. The molecule has 0 bridgehead atoms. The van der Waals surface area contributed by atoms with Crippen molar-refractivity contribution in [3.63, 3.8) is 0 Å². The zero-order valence-electron chi connectivity index (χ0n) is 8.52. The predicted octanol–water partition coefficient (Wildman–Crippen LogP) is 1.56. The van der Waals surface area contributed by atoms with Crippen molar-refractivity contribution in [1.29, 1.82) is 0 Å². The number of hydrogen-bond acceptors (Lipinski definition) is 4. The SMILES string of the molecule is Cc1cc(NC(=O)N2CCSCC2)on1. The summed E-state index contributed by atoms with van der Waals surface area (Å²) in [5.74, 6) is 2.42. The van der Waals surface area contributed by atoms with Gasteiger partial charge in [0.25, 0.3) is 0 Å². The Morgan fingerprint density at radius 1 is 1.60 bits per heavy atom.